The van der Waals surface area contributed by atoms with Gasteiger partial charge in [0.2, 0.25) is 5.78 Å². The maximum absolute atomic E-state index is 11.7. The molecule has 1 saturated heterocycles. The maximum atomic E-state index is 11.7. The summed E-state index contributed by atoms with van der Waals surface area (Å²) in [5.41, 5.74) is 0.0610. The Labute approximate surface area is 91.8 Å². The molecule has 3 heteroatoms. The highest BCUT2D eigenvalue weighted by atomic mass is 16.2. The molecule has 0 radical (unpaired) electrons. The third-order valence-corrected chi connectivity index (χ3v) is 3.06. The molecule has 86 valence electrons. The zero-order chi connectivity index (χ0) is 11.6. The lowest BCUT2D eigenvalue weighted by atomic mass is 9.80. The van der Waals surface area contributed by atoms with E-state index in [0.717, 1.165) is 25.8 Å². The molecule has 1 aliphatic rings. The Balaban J connectivity index is 2.83. The quantitative estimate of drug-likeness (QED) is 0.622. The summed E-state index contributed by atoms with van der Waals surface area (Å²) in [5.74, 6) is -0.652. The average Bonchev–Trinajstić information content (AvgIpc) is 2.15. The van der Waals surface area contributed by atoms with Crippen molar-refractivity contribution in [3.63, 3.8) is 0 Å². The molecular formula is C12H21NO2. The summed E-state index contributed by atoms with van der Waals surface area (Å²) < 4.78 is 0. The molecule has 1 fully saturated rings. The van der Waals surface area contributed by atoms with Crippen molar-refractivity contribution in [2.45, 2.75) is 53.0 Å². The van der Waals surface area contributed by atoms with E-state index in [1.807, 2.05) is 0 Å². The third-order valence-electron chi connectivity index (χ3n) is 3.06. The first kappa shape index (κ1) is 12.2. The lowest BCUT2D eigenvalue weighted by molar-refractivity contribution is -0.148. The fourth-order valence-corrected chi connectivity index (χ4v) is 2.28. The summed E-state index contributed by atoms with van der Waals surface area (Å²) in [6.45, 7) is 8.48. The van der Waals surface area contributed by atoms with Crippen LogP contribution in [0.1, 0.15) is 47.0 Å². The Hall–Kier alpha value is -0.860. The Morgan fingerprint density at radius 1 is 1.20 bits per heavy atom. The van der Waals surface area contributed by atoms with Gasteiger partial charge in [-0.15, -0.1) is 0 Å². The molecule has 1 unspecified atom stereocenters. The third kappa shape index (κ3) is 2.80. The number of carbonyl (C=O) groups is 2. The van der Waals surface area contributed by atoms with Gasteiger partial charge in [0.25, 0.3) is 5.91 Å². The minimum absolute atomic E-state index is 0.0610. The van der Waals surface area contributed by atoms with Crippen LogP contribution in [-0.2, 0) is 9.59 Å². The Kier molecular flexibility index (Phi) is 3.53. The summed E-state index contributed by atoms with van der Waals surface area (Å²) in [5, 5.41) is 0. The number of piperidine rings is 1. The van der Waals surface area contributed by atoms with Crippen LogP contribution in [0.5, 0.6) is 0 Å². The second-order valence-corrected chi connectivity index (χ2v) is 5.43. The standard InChI is InChI=1S/C12H21NO2/c1-9(14)11(15)13-8-6-5-7-10(13)12(2,3)4/h10H,5-8H2,1-4H3. The molecule has 0 aromatic carbocycles. The predicted molar refractivity (Wildman–Crippen MR) is 59.5 cm³/mol. The second-order valence-electron chi connectivity index (χ2n) is 5.43. The fraction of sp³-hybridized carbons (Fsp3) is 0.833. The van der Waals surface area contributed by atoms with Crippen molar-refractivity contribution >= 4 is 11.7 Å². The van der Waals surface area contributed by atoms with E-state index in [-0.39, 0.29) is 23.1 Å². The number of ketones is 1. The molecule has 3 nitrogen and oxygen atoms in total. The minimum Gasteiger partial charge on any atom is -0.333 e. The number of hydrogen-bond acceptors (Lipinski definition) is 2. The Bertz CT molecular complexity index is 265. The SMILES string of the molecule is CC(=O)C(=O)N1CCCCC1C(C)(C)C. The summed E-state index contributed by atoms with van der Waals surface area (Å²) in [4.78, 5) is 24.6. The largest absolute Gasteiger partial charge is 0.333 e. The van der Waals surface area contributed by atoms with Crippen molar-refractivity contribution in [1.82, 2.24) is 4.90 Å². The van der Waals surface area contributed by atoms with Crippen LogP contribution in [0.2, 0.25) is 0 Å². The normalized spacial score (nSPS) is 22.7. The van der Waals surface area contributed by atoms with Gasteiger partial charge >= 0.3 is 0 Å². The van der Waals surface area contributed by atoms with Crippen LogP contribution in [0.4, 0.5) is 0 Å². The van der Waals surface area contributed by atoms with Crippen molar-refractivity contribution in [3.05, 3.63) is 0 Å². The highest BCUT2D eigenvalue weighted by Crippen LogP contribution is 2.31. The van der Waals surface area contributed by atoms with Crippen LogP contribution in [0.25, 0.3) is 0 Å². The summed E-state index contributed by atoms with van der Waals surface area (Å²) in [6.07, 6.45) is 3.19. The van der Waals surface area contributed by atoms with Gasteiger partial charge in [-0.25, -0.2) is 0 Å². The van der Waals surface area contributed by atoms with Crippen molar-refractivity contribution in [1.29, 1.82) is 0 Å². The van der Waals surface area contributed by atoms with Crippen molar-refractivity contribution in [2.24, 2.45) is 5.41 Å². The Morgan fingerprint density at radius 3 is 2.27 bits per heavy atom. The molecular weight excluding hydrogens is 190 g/mol. The van der Waals surface area contributed by atoms with E-state index in [9.17, 15) is 9.59 Å². The molecule has 1 aliphatic heterocycles. The van der Waals surface area contributed by atoms with E-state index in [2.05, 4.69) is 20.8 Å². The van der Waals surface area contributed by atoms with Crippen LogP contribution < -0.4 is 0 Å². The average molecular weight is 211 g/mol. The summed E-state index contributed by atoms with van der Waals surface area (Å²) >= 11 is 0. The number of amides is 1. The molecule has 0 spiro atoms. The van der Waals surface area contributed by atoms with E-state index in [4.69, 9.17) is 0 Å². The summed E-state index contributed by atoms with van der Waals surface area (Å²) in [6, 6.07) is 0.211. The first-order valence-corrected chi connectivity index (χ1v) is 5.65. The van der Waals surface area contributed by atoms with E-state index in [0.29, 0.717) is 0 Å². The van der Waals surface area contributed by atoms with Gasteiger partial charge in [-0.1, -0.05) is 20.8 Å². The van der Waals surface area contributed by atoms with Crippen LogP contribution in [-0.4, -0.2) is 29.2 Å². The van der Waals surface area contributed by atoms with E-state index < -0.39 is 0 Å². The fourth-order valence-electron chi connectivity index (χ4n) is 2.28. The molecule has 1 heterocycles. The summed E-state index contributed by atoms with van der Waals surface area (Å²) in [7, 11) is 0. The first-order chi connectivity index (χ1) is 6.84. The first-order valence-electron chi connectivity index (χ1n) is 5.65. The second kappa shape index (κ2) is 4.33. The lowest BCUT2D eigenvalue weighted by Gasteiger charge is -2.43. The zero-order valence-electron chi connectivity index (χ0n) is 10.2. The van der Waals surface area contributed by atoms with Crippen LogP contribution in [0, 0.1) is 5.41 Å². The number of likely N-dealkylation sites (tertiary alicyclic amines) is 1. The van der Waals surface area contributed by atoms with Gasteiger partial charge in [-0.2, -0.15) is 0 Å². The topological polar surface area (TPSA) is 37.4 Å². The molecule has 0 aromatic heterocycles. The van der Waals surface area contributed by atoms with Gasteiger partial charge in [-0.05, 0) is 24.7 Å². The molecule has 15 heavy (non-hydrogen) atoms. The highest BCUT2D eigenvalue weighted by Gasteiger charge is 2.36. The van der Waals surface area contributed by atoms with Gasteiger partial charge in [-0.3, -0.25) is 9.59 Å². The van der Waals surface area contributed by atoms with E-state index in [1.165, 1.54) is 6.92 Å². The van der Waals surface area contributed by atoms with Crippen LogP contribution >= 0.6 is 0 Å². The van der Waals surface area contributed by atoms with Crippen molar-refractivity contribution in [2.75, 3.05) is 6.54 Å². The van der Waals surface area contributed by atoms with Crippen LogP contribution in [0.3, 0.4) is 0 Å². The van der Waals surface area contributed by atoms with Gasteiger partial charge in [0, 0.05) is 19.5 Å². The number of rotatable bonds is 1. The van der Waals surface area contributed by atoms with E-state index in [1.54, 1.807) is 4.90 Å². The smallest absolute Gasteiger partial charge is 0.289 e. The molecule has 0 aliphatic carbocycles. The number of carbonyl (C=O) groups excluding carboxylic acids is 2. The van der Waals surface area contributed by atoms with Crippen LogP contribution in [0.15, 0.2) is 0 Å². The predicted octanol–water partition coefficient (Wildman–Crippen LogP) is 2.00. The zero-order valence-corrected chi connectivity index (χ0v) is 10.2. The number of nitrogens with zero attached hydrogens (tertiary/aromatic N) is 1. The molecule has 1 amide bonds. The molecule has 1 rings (SSSR count). The van der Waals surface area contributed by atoms with Gasteiger partial charge in [0.15, 0.2) is 0 Å². The monoisotopic (exact) mass is 211 g/mol. The molecule has 1 atom stereocenters. The molecule has 0 bridgehead atoms. The molecule has 0 saturated carbocycles. The number of Topliss-reactive ketones (excluding diaryl/α,β-unsaturated/α-hetero) is 1. The van der Waals surface area contributed by atoms with Gasteiger partial charge in [0.05, 0.1) is 0 Å². The number of hydrogen-bond donors (Lipinski definition) is 0. The minimum atomic E-state index is -0.342. The van der Waals surface area contributed by atoms with Crippen molar-refractivity contribution < 1.29 is 9.59 Å². The van der Waals surface area contributed by atoms with E-state index >= 15 is 0 Å². The molecule has 0 aromatic rings. The van der Waals surface area contributed by atoms with Gasteiger partial charge in [0.1, 0.15) is 0 Å². The van der Waals surface area contributed by atoms with Gasteiger partial charge < -0.3 is 4.90 Å². The maximum Gasteiger partial charge on any atom is 0.289 e. The molecule has 0 N–H and O–H groups in total. The van der Waals surface area contributed by atoms with Crippen molar-refractivity contribution in [3.8, 4) is 0 Å². The lowest BCUT2D eigenvalue weighted by Crippen LogP contribution is -2.51. The Morgan fingerprint density at radius 2 is 1.80 bits per heavy atom. The highest BCUT2D eigenvalue weighted by molar-refractivity contribution is 6.35.